The number of hydrogen-bond donors (Lipinski definition) is 2. The molecule has 1 fully saturated rings. The third kappa shape index (κ3) is 7.43. The Morgan fingerprint density at radius 1 is 1.02 bits per heavy atom. The zero-order chi connectivity index (χ0) is 32.0. The van der Waals surface area contributed by atoms with E-state index in [-0.39, 0.29) is 28.5 Å². The molecule has 234 valence electrons. The van der Waals surface area contributed by atoms with Crippen LogP contribution in [0, 0.1) is 11.7 Å². The standard InChI is InChI=1S/C30H29F2N3O5S.C2H6O/c1-33-30(37)27-24-15-23(20-4-3-5-21(14-20)29(36)34-17-18-6-7-18)25(35(13-12-31)41(2,38)39)16-26(24)40-28(27)19-8-10-22(32)11-9-19;1-3-2/h3-5,8-11,14-16,18H,6-7,12-13,17H2,1-2H3,(H,33,37)(H,34,36);1-2H3. The Morgan fingerprint density at radius 3 is 2.30 bits per heavy atom. The zero-order valence-corrected chi connectivity index (χ0v) is 25.8. The number of hydrogen-bond acceptors (Lipinski definition) is 6. The van der Waals surface area contributed by atoms with Gasteiger partial charge in [0.1, 0.15) is 23.8 Å². The van der Waals surface area contributed by atoms with Crippen LogP contribution in [-0.2, 0) is 14.8 Å². The lowest BCUT2D eigenvalue weighted by Gasteiger charge is -2.24. The van der Waals surface area contributed by atoms with Crippen LogP contribution in [0.4, 0.5) is 14.5 Å². The number of carbonyl (C=O) groups excluding carboxylic acids is 2. The number of halogens is 2. The smallest absolute Gasteiger partial charge is 0.255 e. The minimum atomic E-state index is -3.95. The van der Waals surface area contributed by atoms with Gasteiger partial charge in [0.25, 0.3) is 11.8 Å². The molecule has 4 aromatic rings. The Kier molecular flexibility index (Phi) is 10.4. The molecule has 2 amide bonds. The highest BCUT2D eigenvalue weighted by Gasteiger charge is 2.28. The predicted molar refractivity (Wildman–Crippen MR) is 167 cm³/mol. The molecule has 3 aromatic carbocycles. The summed E-state index contributed by atoms with van der Waals surface area (Å²) < 4.78 is 64.2. The van der Waals surface area contributed by atoms with Crippen LogP contribution in [0.15, 0.2) is 65.1 Å². The van der Waals surface area contributed by atoms with Gasteiger partial charge < -0.3 is 19.8 Å². The molecule has 1 aliphatic carbocycles. The average molecular weight is 628 g/mol. The van der Waals surface area contributed by atoms with Crippen molar-refractivity contribution in [2.45, 2.75) is 12.8 Å². The number of nitrogens with zero attached hydrogens (tertiary/aromatic N) is 1. The number of fused-ring (bicyclic) bond motifs is 1. The van der Waals surface area contributed by atoms with Gasteiger partial charge in [0.2, 0.25) is 10.0 Å². The van der Waals surface area contributed by atoms with Crippen molar-refractivity contribution in [3.63, 3.8) is 0 Å². The van der Waals surface area contributed by atoms with Gasteiger partial charge in [-0.05, 0) is 66.8 Å². The lowest BCUT2D eigenvalue weighted by atomic mass is 9.97. The van der Waals surface area contributed by atoms with Crippen LogP contribution in [0.25, 0.3) is 33.4 Å². The first-order chi connectivity index (χ1) is 21.0. The highest BCUT2D eigenvalue weighted by atomic mass is 32.2. The first kappa shape index (κ1) is 32.6. The maximum Gasteiger partial charge on any atom is 0.255 e. The first-order valence-corrected chi connectivity index (χ1v) is 15.8. The van der Waals surface area contributed by atoms with Gasteiger partial charge in [0, 0.05) is 56.0 Å². The van der Waals surface area contributed by atoms with Crippen molar-refractivity contribution < 1.29 is 35.9 Å². The molecule has 0 aliphatic heterocycles. The number of furan rings is 1. The van der Waals surface area contributed by atoms with Crippen LogP contribution in [0.5, 0.6) is 0 Å². The second-order valence-electron chi connectivity index (χ2n) is 10.4. The summed E-state index contributed by atoms with van der Waals surface area (Å²) in [6.45, 7) is -0.821. The van der Waals surface area contributed by atoms with E-state index in [0.29, 0.717) is 40.1 Å². The second-order valence-corrected chi connectivity index (χ2v) is 12.3. The van der Waals surface area contributed by atoms with Crippen LogP contribution in [0.2, 0.25) is 0 Å². The molecule has 0 radical (unpaired) electrons. The number of carbonyl (C=O) groups is 2. The Labute approximate surface area is 255 Å². The number of benzene rings is 3. The molecule has 1 aliphatic rings. The maximum atomic E-state index is 13.6. The van der Waals surface area contributed by atoms with Crippen molar-refractivity contribution in [2.24, 2.45) is 5.92 Å². The molecule has 9 nitrogen and oxygen atoms in total. The first-order valence-electron chi connectivity index (χ1n) is 13.9. The predicted octanol–water partition coefficient (Wildman–Crippen LogP) is 5.40. The zero-order valence-electron chi connectivity index (χ0n) is 24.9. The number of alkyl halides is 1. The fourth-order valence-electron chi connectivity index (χ4n) is 4.76. The number of sulfonamides is 1. The molecule has 0 bridgehead atoms. The van der Waals surface area contributed by atoms with Crippen molar-refractivity contribution in [3.05, 3.63) is 77.6 Å². The summed E-state index contributed by atoms with van der Waals surface area (Å²) in [5, 5.41) is 5.87. The van der Waals surface area contributed by atoms with E-state index >= 15 is 0 Å². The van der Waals surface area contributed by atoms with Gasteiger partial charge in [0.15, 0.2) is 0 Å². The molecule has 0 spiro atoms. The largest absolute Gasteiger partial charge is 0.455 e. The minimum Gasteiger partial charge on any atom is -0.455 e. The summed E-state index contributed by atoms with van der Waals surface area (Å²) in [4.78, 5) is 26.0. The monoisotopic (exact) mass is 627 g/mol. The second kappa shape index (κ2) is 14.0. The van der Waals surface area contributed by atoms with E-state index in [1.165, 1.54) is 37.4 Å². The van der Waals surface area contributed by atoms with Crippen molar-refractivity contribution >= 4 is 38.5 Å². The third-order valence-electron chi connectivity index (χ3n) is 7.01. The summed E-state index contributed by atoms with van der Waals surface area (Å²) in [6, 6.07) is 15.1. The molecule has 2 N–H and O–H groups in total. The normalized spacial score (nSPS) is 12.8. The van der Waals surface area contributed by atoms with Crippen LogP contribution in [-0.4, -0.2) is 67.5 Å². The van der Waals surface area contributed by atoms with Gasteiger partial charge in [-0.25, -0.2) is 17.2 Å². The summed E-state index contributed by atoms with van der Waals surface area (Å²) >= 11 is 0. The van der Waals surface area contributed by atoms with Crippen LogP contribution in [0.1, 0.15) is 33.6 Å². The highest BCUT2D eigenvalue weighted by molar-refractivity contribution is 7.92. The van der Waals surface area contributed by atoms with Gasteiger partial charge in [0.05, 0.1) is 24.1 Å². The van der Waals surface area contributed by atoms with Crippen molar-refractivity contribution in [1.82, 2.24) is 10.6 Å². The Morgan fingerprint density at radius 2 is 1.70 bits per heavy atom. The van der Waals surface area contributed by atoms with Gasteiger partial charge in [-0.1, -0.05) is 12.1 Å². The molecule has 1 aromatic heterocycles. The van der Waals surface area contributed by atoms with Crippen LogP contribution >= 0.6 is 0 Å². The van der Waals surface area contributed by atoms with E-state index in [2.05, 4.69) is 15.4 Å². The number of ether oxygens (including phenoxy) is 1. The topological polar surface area (TPSA) is 118 Å². The molecule has 12 heteroatoms. The van der Waals surface area contributed by atoms with E-state index < -0.39 is 35.0 Å². The number of rotatable bonds is 10. The van der Waals surface area contributed by atoms with Crippen LogP contribution < -0.4 is 14.9 Å². The molecule has 44 heavy (non-hydrogen) atoms. The van der Waals surface area contributed by atoms with E-state index in [1.54, 1.807) is 44.6 Å². The summed E-state index contributed by atoms with van der Waals surface area (Å²) in [5.41, 5.74) is 2.10. The molecule has 0 unspecified atom stereocenters. The number of methoxy groups -OCH3 is 1. The Hall–Kier alpha value is -4.29. The Balaban J connectivity index is 0.00000141. The third-order valence-corrected chi connectivity index (χ3v) is 8.19. The van der Waals surface area contributed by atoms with Gasteiger partial charge in [-0.3, -0.25) is 13.9 Å². The molecule has 1 saturated carbocycles. The summed E-state index contributed by atoms with van der Waals surface area (Å²) in [5.74, 6) is -0.560. The number of amides is 2. The lowest BCUT2D eigenvalue weighted by Crippen LogP contribution is -2.32. The van der Waals surface area contributed by atoms with Gasteiger partial charge >= 0.3 is 0 Å². The molecular weight excluding hydrogens is 592 g/mol. The van der Waals surface area contributed by atoms with E-state index in [0.717, 1.165) is 23.4 Å². The minimum absolute atomic E-state index is 0.121. The maximum absolute atomic E-state index is 13.6. The van der Waals surface area contributed by atoms with Crippen molar-refractivity contribution in [1.29, 1.82) is 0 Å². The quantitative estimate of drug-likeness (QED) is 0.243. The summed E-state index contributed by atoms with van der Waals surface area (Å²) in [7, 11) is 0.763. The van der Waals surface area contributed by atoms with Crippen molar-refractivity contribution in [2.75, 3.05) is 51.6 Å². The van der Waals surface area contributed by atoms with Crippen molar-refractivity contribution in [3.8, 4) is 22.5 Å². The van der Waals surface area contributed by atoms with E-state index in [1.807, 2.05) is 0 Å². The lowest BCUT2D eigenvalue weighted by molar-refractivity contribution is 0.0948. The fourth-order valence-corrected chi connectivity index (χ4v) is 5.66. The highest BCUT2D eigenvalue weighted by Crippen LogP contribution is 2.42. The SMILES string of the molecule is CNC(=O)c1c(-c2ccc(F)cc2)oc2cc(N(CCF)S(C)(=O)=O)c(-c3cccc(C(=O)NCC4CC4)c3)cc12.COC. The molecule has 5 rings (SSSR count). The molecule has 0 atom stereocenters. The number of anilines is 1. The van der Waals surface area contributed by atoms with Gasteiger partial charge in [-0.15, -0.1) is 0 Å². The Bertz CT molecular complexity index is 1750. The van der Waals surface area contributed by atoms with E-state index in [4.69, 9.17) is 4.42 Å². The molecule has 0 saturated heterocycles. The average Bonchev–Trinajstić information content (AvgIpc) is 3.76. The fraction of sp³-hybridized carbons (Fsp3) is 0.312. The van der Waals surface area contributed by atoms with Crippen LogP contribution in [0.3, 0.4) is 0 Å². The summed E-state index contributed by atoms with van der Waals surface area (Å²) in [6.07, 6.45) is 3.14. The molecular formula is C32H35F2N3O6S. The van der Waals surface area contributed by atoms with Gasteiger partial charge in [-0.2, -0.15) is 0 Å². The van der Waals surface area contributed by atoms with E-state index in [9.17, 15) is 26.8 Å². The number of nitrogens with one attached hydrogen (secondary N) is 2. The molecule has 1 heterocycles.